The van der Waals surface area contributed by atoms with Crippen molar-refractivity contribution in [2.45, 2.75) is 57.0 Å². The molecule has 1 fully saturated rings. The standard InChI is InChI=1S/C15H24N2O2S/c1-11-8-14(17-19-11)10-20-12(2)15(18)16-9-13-6-4-3-5-7-13/h8,12-13H,3-7,9-10H2,1-2H3,(H,16,18)/t12-/m0/s1. The Morgan fingerprint density at radius 2 is 2.25 bits per heavy atom. The summed E-state index contributed by atoms with van der Waals surface area (Å²) in [7, 11) is 0. The van der Waals surface area contributed by atoms with E-state index in [-0.39, 0.29) is 11.2 Å². The van der Waals surface area contributed by atoms with Gasteiger partial charge in [0.25, 0.3) is 0 Å². The average molecular weight is 296 g/mol. The van der Waals surface area contributed by atoms with Gasteiger partial charge >= 0.3 is 0 Å². The molecule has 1 aliphatic carbocycles. The summed E-state index contributed by atoms with van der Waals surface area (Å²) in [5, 5.41) is 6.98. The lowest BCUT2D eigenvalue weighted by molar-refractivity contribution is -0.120. The first-order chi connectivity index (χ1) is 9.65. The van der Waals surface area contributed by atoms with Crippen LogP contribution in [0.15, 0.2) is 10.6 Å². The van der Waals surface area contributed by atoms with E-state index in [2.05, 4.69) is 10.5 Å². The fourth-order valence-corrected chi connectivity index (χ4v) is 3.34. The molecule has 1 aromatic heterocycles. The SMILES string of the molecule is Cc1cc(CS[C@@H](C)C(=O)NCC2CCCCC2)no1. The number of rotatable bonds is 6. The number of hydrogen-bond donors (Lipinski definition) is 1. The maximum absolute atomic E-state index is 12.0. The lowest BCUT2D eigenvalue weighted by Gasteiger charge is -2.22. The molecule has 0 bridgehead atoms. The second-order valence-electron chi connectivity index (χ2n) is 5.63. The topological polar surface area (TPSA) is 55.1 Å². The lowest BCUT2D eigenvalue weighted by atomic mass is 9.89. The van der Waals surface area contributed by atoms with E-state index in [4.69, 9.17) is 4.52 Å². The van der Waals surface area contributed by atoms with E-state index in [1.54, 1.807) is 11.8 Å². The van der Waals surface area contributed by atoms with Gasteiger partial charge in [0.15, 0.2) is 0 Å². The molecule has 1 atom stereocenters. The van der Waals surface area contributed by atoms with Crippen LogP contribution in [0.25, 0.3) is 0 Å². The van der Waals surface area contributed by atoms with Crippen molar-refractivity contribution in [1.29, 1.82) is 0 Å². The molecule has 0 unspecified atom stereocenters. The van der Waals surface area contributed by atoms with Crippen LogP contribution in [0.2, 0.25) is 0 Å². The average Bonchev–Trinajstić information content (AvgIpc) is 2.89. The van der Waals surface area contributed by atoms with Gasteiger partial charge in [-0.1, -0.05) is 24.4 Å². The Morgan fingerprint density at radius 1 is 1.50 bits per heavy atom. The zero-order valence-electron chi connectivity index (χ0n) is 12.4. The molecule has 1 N–H and O–H groups in total. The maximum Gasteiger partial charge on any atom is 0.232 e. The van der Waals surface area contributed by atoms with Crippen LogP contribution in [0.4, 0.5) is 0 Å². The van der Waals surface area contributed by atoms with Gasteiger partial charge in [-0.15, -0.1) is 11.8 Å². The molecule has 1 saturated carbocycles. The Labute approximate surface area is 125 Å². The van der Waals surface area contributed by atoms with E-state index >= 15 is 0 Å². The largest absolute Gasteiger partial charge is 0.361 e. The van der Waals surface area contributed by atoms with Gasteiger partial charge in [-0.3, -0.25) is 4.79 Å². The van der Waals surface area contributed by atoms with Crippen molar-refractivity contribution in [3.8, 4) is 0 Å². The number of carbonyl (C=O) groups excluding carboxylic acids is 1. The fourth-order valence-electron chi connectivity index (χ4n) is 2.55. The summed E-state index contributed by atoms with van der Waals surface area (Å²) >= 11 is 1.60. The highest BCUT2D eigenvalue weighted by Crippen LogP contribution is 2.23. The molecule has 2 rings (SSSR count). The zero-order chi connectivity index (χ0) is 14.4. The fraction of sp³-hybridized carbons (Fsp3) is 0.733. The van der Waals surface area contributed by atoms with Crippen molar-refractivity contribution < 1.29 is 9.32 Å². The van der Waals surface area contributed by atoms with E-state index < -0.39 is 0 Å². The van der Waals surface area contributed by atoms with E-state index in [9.17, 15) is 4.79 Å². The molecule has 1 amide bonds. The van der Waals surface area contributed by atoms with E-state index in [0.717, 1.165) is 23.8 Å². The molecule has 4 nitrogen and oxygen atoms in total. The molecule has 0 spiro atoms. The third-order valence-corrected chi connectivity index (χ3v) is 4.99. The molecule has 0 saturated heterocycles. The van der Waals surface area contributed by atoms with Gasteiger partial charge in [-0.2, -0.15) is 0 Å². The van der Waals surface area contributed by atoms with Gasteiger partial charge in [0.1, 0.15) is 5.76 Å². The number of thioether (sulfide) groups is 1. The summed E-state index contributed by atoms with van der Waals surface area (Å²) in [5.41, 5.74) is 0.902. The zero-order valence-corrected chi connectivity index (χ0v) is 13.2. The van der Waals surface area contributed by atoms with E-state index in [0.29, 0.717) is 5.92 Å². The first-order valence-corrected chi connectivity index (χ1v) is 8.51. The number of nitrogens with zero attached hydrogens (tertiary/aromatic N) is 1. The molecule has 0 radical (unpaired) electrons. The molecule has 5 heteroatoms. The smallest absolute Gasteiger partial charge is 0.232 e. The first-order valence-electron chi connectivity index (χ1n) is 7.46. The highest BCUT2D eigenvalue weighted by atomic mass is 32.2. The van der Waals surface area contributed by atoms with Crippen molar-refractivity contribution >= 4 is 17.7 Å². The third-order valence-electron chi connectivity index (χ3n) is 3.82. The Morgan fingerprint density at radius 3 is 2.90 bits per heavy atom. The molecular weight excluding hydrogens is 272 g/mol. The van der Waals surface area contributed by atoms with E-state index in [1.165, 1.54) is 32.1 Å². The second-order valence-corrected chi connectivity index (χ2v) is 6.96. The summed E-state index contributed by atoms with van der Waals surface area (Å²) in [6.45, 7) is 4.67. The van der Waals surface area contributed by atoms with Crippen LogP contribution in [0.1, 0.15) is 50.5 Å². The van der Waals surface area contributed by atoms with Crippen molar-refractivity contribution in [2.24, 2.45) is 5.92 Å². The normalized spacial score (nSPS) is 17.9. The quantitative estimate of drug-likeness (QED) is 0.875. The second kappa shape index (κ2) is 7.72. The summed E-state index contributed by atoms with van der Waals surface area (Å²) < 4.78 is 5.02. The molecular formula is C15H24N2O2S. The van der Waals surface area contributed by atoms with Crippen LogP contribution in [0.3, 0.4) is 0 Å². The summed E-state index contributed by atoms with van der Waals surface area (Å²) in [6.07, 6.45) is 6.51. The minimum Gasteiger partial charge on any atom is -0.361 e. The predicted octanol–water partition coefficient (Wildman–Crippen LogP) is 3.30. The monoisotopic (exact) mass is 296 g/mol. The van der Waals surface area contributed by atoms with Crippen molar-refractivity contribution in [3.05, 3.63) is 17.5 Å². The highest BCUT2D eigenvalue weighted by molar-refractivity contribution is 7.99. The number of hydrogen-bond acceptors (Lipinski definition) is 4. The summed E-state index contributed by atoms with van der Waals surface area (Å²) in [5.74, 6) is 2.36. The van der Waals surface area contributed by atoms with Crippen LogP contribution >= 0.6 is 11.8 Å². The Hall–Kier alpha value is -0.970. The summed E-state index contributed by atoms with van der Waals surface area (Å²) in [6, 6.07) is 1.92. The number of aryl methyl sites for hydroxylation is 1. The van der Waals surface area contributed by atoms with Gasteiger partial charge in [0, 0.05) is 18.4 Å². The van der Waals surface area contributed by atoms with Gasteiger partial charge < -0.3 is 9.84 Å². The molecule has 0 aliphatic heterocycles. The van der Waals surface area contributed by atoms with Crippen LogP contribution in [-0.2, 0) is 10.5 Å². The minimum absolute atomic E-state index is 0.0457. The van der Waals surface area contributed by atoms with Crippen molar-refractivity contribution in [3.63, 3.8) is 0 Å². The minimum atomic E-state index is -0.0457. The van der Waals surface area contributed by atoms with Crippen LogP contribution < -0.4 is 5.32 Å². The molecule has 1 aromatic rings. The van der Waals surface area contributed by atoms with Gasteiger partial charge in [-0.05, 0) is 32.6 Å². The van der Waals surface area contributed by atoms with Crippen LogP contribution in [0, 0.1) is 12.8 Å². The summed E-state index contributed by atoms with van der Waals surface area (Å²) in [4.78, 5) is 12.0. The van der Waals surface area contributed by atoms with Gasteiger partial charge in [0.05, 0.1) is 10.9 Å². The Balaban J connectivity index is 1.66. The van der Waals surface area contributed by atoms with Crippen molar-refractivity contribution in [1.82, 2.24) is 10.5 Å². The highest BCUT2D eigenvalue weighted by Gasteiger charge is 2.18. The number of amides is 1. The number of aromatic nitrogens is 1. The Kier molecular flexibility index (Phi) is 5.95. The Bertz CT molecular complexity index is 427. The molecule has 1 aliphatic rings. The van der Waals surface area contributed by atoms with Crippen LogP contribution in [-0.4, -0.2) is 22.9 Å². The van der Waals surface area contributed by atoms with Crippen molar-refractivity contribution in [2.75, 3.05) is 6.54 Å². The number of nitrogens with one attached hydrogen (secondary N) is 1. The number of carbonyl (C=O) groups is 1. The van der Waals surface area contributed by atoms with E-state index in [1.807, 2.05) is 19.9 Å². The molecule has 1 heterocycles. The molecule has 0 aromatic carbocycles. The van der Waals surface area contributed by atoms with Gasteiger partial charge in [0.2, 0.25) is 5.91 Å². The molecule has 112 valence electrons. The third kappa shape index (κ3) is 4.85. The van der Waals surface area contributed by atoms with Gasteiger partial charge in [-0.25, -0.2) is 0 Å². The predicted molar refractivity (Wildman–Crippen MR) is 81.6 cm³/mol. The maximum atomic E-state index is 12.0. The first kappa shape index (κ1) is 15.4. The lowest BCUT2D eigenvalue weighted by Crippen LogP contribution is -2.35. The molecule has 20 heavy (non-hydrogen) atoms. The van der Waals surface area contributed by atoms with Crippen LogP contribution in [0.5, 0.6) is 0 Å².